The van der Waals surface area contributed by atoms with E-state index in [2.05, 4.69) is 10.3 Å². The first kappa shape index (κ1) is 22.4. The average molecular weight is 484 g/mol. The number of amides is 1. The fourth-order valence-corrected chi connectivity index (χ4v) is 4.32. The van der Waals surface area contributed by atoms with Crippen molar-refractivity contribution in [2.75, 3.05) is 11.1 Å². The van der Waals surface area contributed by atoms with E-state index in [1.807, 2.05) is 38.1 Å². The zero-order valence-electron chi connectivity index (χ0n) is 17.4. The van der Waals surface area contributed by atoms with E-state index >= 15 is 0 Å². The number of carbonyl (C=O) groups excluding carboxylic acids is 1. The lowest BCUT2D eigenvalue weighted by Gasteiger charge is -2.14. The van der Waals surface area contributed by atoms with E-state index in [0.717, 1.165) is 11.1 Å². The van der Waals surface area contributed by atoms with Gasteiger partial charge in [-0.05, 0) is 61.4 Å². The van der Waals surface area contributed by atoms with E-state index in [0.29, 0.717) is 37.5 Å². The molecule has 1 amide bonds. The van der Waals surface area contributed by atoms with Crippen molar-refractivity contribution in [3.63, 3.8) is 0 Å². The topological polar surface area (TPSA) is 64.0 Å². The monoisotopic (exact) mass is 483 g/mol. The van der Waals surface area contributed by atoms with Crippen LogP contribution in [0.15, 0.2) is 70.6 Å². The Kier molecular flexibility index (Phi) is 6.55. The van der Waals surface area contributed by atoms with Crippen LogP contribution in [0.3, 0.4) is 0 Å². The van der Waals surface area contributed by atoms with Crippen molar-refractivity contribution in [1.82, 2.24) is 9.55 Å². The zero-order chi connectivity index (χ0) is 22.8. The van der Waals surface area contributed by atoms with Gasteiger partial charge in [-0.1, -0.05) is 59.2 Å². The molecule has 4 aromatic rings. The third-order valence-electron chi connectivity index (χ3n) is 4.95. The van der Waals surface area contributed by atoms with Gasteiger partial charge in [0.2, 0.25) is 5.91 Å². The molecule has 0 unspecified atom stereocenters. The van der Waals surface area contributed by atoms with Crippen molar-refractivity contribution < 1.29 is 4.79 Å². The van der Waals surface area contributed by atoms with E-state index in [1.54, 1.807) is 36.4 Å². The van der Waals surface area contributed by atoms with Gasteiger partial charge in [0, 0.05) is 15.7 Å². The standard InChI is InChI=1S/C24H19Cl2N3O2S/c1-14-7-9-16(11-19(14)25)27-22(30)13-32-24-28-21-6-4-3-5-18(21)23(31)29(24)17-10-8-15(2)20(26)12-17/h3-12H,13H2,1-2H3,(H,27,30). The molecule has 3 aromatic carbocycles. The van der Waals surface area contributed by atoms with Gasteiger partial charge < -0.3 is 5.32 Å². The minimum Gasteiger partial charge on any atom is -0.325 e. The van der Waals surface area contributed by atoms with Crippen molar-refractivity contribution >= 4 is 57.5 Å². The largest absolute Gasteiger partial charge is 0.325 e. The maximum Gasteiger partial charge on any atom is 0.266 e. The van der Waals surface area contributed by atoms with Crippen LogP contribution in [-0.4, -0.2) is 21.2 Å². The summed E-state index contributed by atoms with van der Waals surface area (Å²) >= 11 is 13.6. The number of para-hydroxylation sites is 1. The molecule has 4 rings (SSSR count). The Labute approximate surface area is 199 Å². The van der Waals surface area contributed by atoms with Crippen LogP contribution in [0.25, 0.3) is 16.6 Å². The van der Waals surface area contributed by atoms with Gasteiger partial charge in [0.15, 0.2) is 5.16 Å². The molecule has 0 spiro atoms. The first-order chi connectivity index (χ1) is 15.3. The molecule has 1 N–H and O–H groups in total. The van der Waals surface area contributed by atoms with Crippen LogP contribution in [0.5, 0.6) is 0 Å². The number of hydrogen-bond acceptors (Lipinski definition) is 4. The van der Waals surface area contributed by atoms with Crippen molar-refractivity contribution in [2.24, 2.45) is 0 Å². The summed E-state index contributed by atoms with van der Waals surface area (Å²) in [7, 11) is 0. The van der Waals surface area contributed by atoms with Crippen LogP contribution in [0.4, 0.5) is 5.69 Å². The molecule has 0 aliphatic rings. The molecule has 162 valence electrons. The summed E-state index contributed by atoms with van der Waals surface area (Å²) in [5, 5.41) is 4.86. The number of rotatable bonds is 5. The Morgan fingerprint density at radius 1 is 1.00 bits per heavy atom. The van der Waals surface area contributed by atoms with Crippen molar-refractivity contribution in [1.29, 1.82) is 0 Å². The molecule has 0 atom stereocenters. The second-order valence-corrected chi connectivity index (χ2v) is 9.04. The van der Waals surface area contributed by atoms with Crippen molar-refractivity contribution in [3.8, 4) is 5.69 Å². The lowest BCUT2D eigenvalue weighted by Crippen LogP contribution is -2.23. The van der Waals surface area contributed by atoms with Crippen LogP contribution < -0.4 is 10.9 Å². The molecule has 0 saturated carbocycles. The highest BCUT2D eigenvalue weighted by molar-refractivity contribution is 7.99. The highest BCUT2D eigenvalue weighted by Crippen LogP contribution is 2.25. The molecule has 1 heterocycles. The summed E-state index contributed by atoms with van der Waals surface area (Å²) in [4.78, 5) is 30.5. The summed E-state index contributed by atoms with van der Waals surface area (Å²) in [6.07, 6.45) is 0. The summed E-state index contributed by atoms with van der Waals surface area (Å²) in [5.41, 5.74) is 3.39. The molecule has 0 saturated heterocycles. The number of aromatic nitrogens is 2. The van der Waals surface area contributed by atoms with Crippen molar-refractivity contribution in [3.05, 3.63) is 92.2 Å². The molecular weight excluding hydrogens is 465 g/mol. The Hall–Kier alpha value is -2.80. The van der Waals surface area contributed by atoms with Crippen LogP contribution in [-0.2, 0) is 4.79 Å². The van der Waals surface area contributed by atoms with Gasteiger partial charge in [-0.2, -0.15) is 0 Å². The Balaban J connectivity index is 1.67. The van der Waals surface area contributed by atoms with Gasteiger partial charge in [-0.25, -0.2) is 4.98 Å². The number of fused-ring (bicyclic) bond motifs is 1. The van der Waals surface area contributed by atoms with E-state index in [9.17, 15) is 9.59 Å². The van der Waals surface area contributed by atoms with E-state index in [-0.39, 0.29) is 17.2 Å². The number of hydrogen-bond donors (Lipinski definition) is 1. The predicted molar refractivity (Wildman–Crippen MR) is 133 cm³/mol. The number of thioether (sulfide) groups is 1. The SMILES string of the molecule is Cc1ccc(NC(=O)CSc2nc3ccccc3c(=O)n2-c2ccc(C)c(Cl)c2)cc1Cl. The second kappa shape index (κ2) is 9.36. The minimum atomic E-state index is -0.231. The Morgan fingerprint density at radius 2 is 1.69 bits per heavy atom. The predicted octanol–water partition coefficient (Wildman–Crippen LogP) is 6.04. The number of benzene rings is 3. The van der Waals surface area contributed by atoms with Crippen LogP contribution in [0.1, 0.15) is 11.1 Å². The summed E-state index contributed by atoms with van der Waals surface area (Å²) in [5.74, 6) is -0.165. The molecule has 0 aliphatic heterocycles. The van der Waals surface area contributed by atoms with E-state index in [4.69, 9.17) is 23.2 Å². The molecule has 0 aliphatic carbocycles. The van der Waals surface area contributed by atoms with E-state index < -0.39 is 0 Å². The fraction of sp³-hybridized carbons (Fsp3) is 0.125. The molecule has 0 radical (unpaired) electrons. The molecular formula is C24H19Cl2N3O2S. The van der Waals surface area contributed by atoms with Crippen molar-refractivity contribution in [2.45, 2.75) is 19.0 Å². The quantitative estimate of drug-likeness (QED) is 0.277. The van der Waals surface area contributed by atoms with Gasteiger partial charge in [0.25, 0.3) is 5.56 Å². The normalized spacial score (nSPS) is 11.0. The molecule has 1 aromatic heterocycles. The number of nitrogens with one attached hydrogen (secondary N) is 1. The van der Waals surface area contributed by atoms with Gasteiger partial charge >= 0.3 is 0 Å². The highest BCUT2D eigenvalue weighted by Gasteiger charge is 2.16. The highest BCUT2D eigenvalue weighted by atomic mass is 35.5. The maximum atomic E-state index is 13.3. The molecule has 5 nitrogen and oxygen atoms in total. The van der Waals surface area contributed by atoms with Gasteiger partial charge in [0.1, 0.15) is 0 Å². The molecule has 32 heavy (non-hydrogen) atoms. The maximum absolute atomic E-state index is 13.3. The number of anilines is 1. The third kappa shape index (κ3) is 4.67. The number of carbonyl (C=O) groups is 1. The zero-order valence-corrected chi connectivity index (χ0v) is 19.7. The minimum absolute atomic E-state index is 0.0653. The number of nitrogens with zero attached hydrogens (tertiary/aromatic N) is 2. The lowest BCUT2D eigenvalue weighted by atomic mass is 10.2. The smallest absolute Gasteiger partial charge is 0.266 e. The average Bonchev–Trinajstić information content (AvgIpc) is 2.77. The lowest BCUT2D eigenvalue weighted by molar-refractivity contribution is -0.113. The Morgan fingerprint density at radius 3 is 2.41 bits per heavy atom. The van der Waals surface area contributed by atoms with Crippen LogP contribution in [0, 0.1) is 13.8 Å². The summed E-state index contributed by atoms with van der Waals surface area (Å²) < 4.78 is 1.49. The second-order valence-electron chi connectivity index (χ2n) is 7.29. The van der Waals surface area contributed by atoms with Gasteiger partial charge in [-0.3, -0.25) is 14.2 Å². The van der Waals surface area contributed by atoms with Gasteiger partial charge in [-0.15, -0.1) is 0 Å². The molecule has 0 bridgehead atoms. The molecule has 0 fully saturated rings. The summed E-state index contributed by atoms with van der Waals surface area (Å²) in [6, 6.07) is 17.9. The molecule has 8 heteroatoms. The van der Waals surface area contributed by atoms with Crippen LogP contribution in [0.2, 0.25) is 10.0 Å². The fourth-order valence-electron chi connectivity index (χ4n) is 3.16. The Bertz CT molecular complexity index is 1400. The van der Waals surface area contributed by atoms with Gasteiger partial charge in [0.05, 0.1) is 22.3 Å². The first-order valence-electron chi connectivity index (χ1n) is 9.80. The first-order valence-corrected chi connectivity index (χ1v) is 11.5. The number of halogens is 2. The third-order valence-corrected chi connectivity index (χ3v) is 6.70. The number of aryl methyl sites for hydroxylation is 2. The van der Waals surface area contributed by atoms with Crippen LogP contribution >= 0.6 is 35.0 Å². The van der Waals surface area contributed by atoms with E-state index in [1.165, 1.54) is 16.3 Å². The summed E-state index contributed by atoms with van der Waals surface area (Å²) in [6.45, 7) is 3.79.